The topological polar surface area (TPSA) is 76.0 Å². The molecule has 1 spiro atoms. The van der Waals surface area contributed by atoms with Gasteiger partial charge in [-0.1, -0.05) is 28.1 Å². The van der Waals surface area contributed by atoms with Crippen LogP contribution in [0.15, 0.2) is 61.2 Å². The number of ether oxygens (including phenoxy) is 2. The van der Waals surface area contributed by atoms with Gasteiger partial charge in [0.2, 0.25) is 0 Å². The first-order chi connectivity index (χ1) is 13.7. The number of fused-ring (bicyclic) bond motifs is 5. The Bertz CT molecular complexity index is 1180. The predicted molar refractivity (Wildman–Crippen MR) is 119 cm³/mol. The fourth-order valence-electron chi connectivity index (χ4n) is 3.99. The van der Waals surface area contributed by atoms with Gasteiger partial charge in [-0.3, -0.25) is 0 Å². The summed E-state index contributed by atoms with van der Waals surface area (Å²) in [4.78, 5) is 12.9. The number of hydrogen-bond donors (Lipinski definition) is 2. The van der Waals surface area contributed by atoms with Gasteiger partial charge in [0.05, 0.1) is 15.6 Å². The Balaban J connectivity index is 1.92. The highest BCUT2D eigenvalue weighted by molar-refractivity contribution is 9.11. The van der Waals surface area contributed by atoms with E-state index in [0.29, 0.717) is 47.2 Å². The van der Waals surface area contributed by atoms with Crippen molar-refractivity contribution in [2.75, 3.05) is 0 Å². The Morgan fingerprint density at radius 1 is 1.14 bits per heavy atom. The van der Waals surface area contributed by atoms with Crippen LogP contribution in [-0.2, 0) is 10.3 Å². The lowest BCUT2D eigenvalue weighted by molar-refractivity contribution is 0.0199. The minimum Gasteiger partial charge on any atom is -0.505 e. The molecule has 2 atom stereocenters. The van der Waals surface area contributed by atoms with E-state index in [1.54, 1.807) is 30.4 Å². The molecule has 9 heteroatoms. The molecule has 2 heterocycles. The molecule has 0 aromatic heterocycles. The van der Waals surface area contributed by atoms with E-state index in [2.05, 4.69) is 63.7 Å². The average molecular weight is 650 g/mol. The van der Waals surface area contributed by atoms with Crippen molar-refractivity contribution in [2.45, 2.75) is 16.5 Å². The lowest BCUT2D eigenvalue weighted by Crippen LogP contribution is -2.38. The second-order valence-corrected chi connectivity index (χ2v) is 10.8. The van der Waals surface area contributed by atoms with E-state index >= 15 is 0 Å². The number of carbonyl (C=O) groups is 1. The number of benzene rings is 2. The van der Waals surface area contributed by atoms with Gasteiger partial charge in [0.15, 0.2) is 11.4 Å². The number of alkyl halides is 1. The third-order valence-electron chi connectivity index (χ3n) is 5.18. The zero-order chi connectivity index (χ0) is 20.7. The van der Waals surface area contributed by atoms with E-state index in [1.807, 2.05) is 6.07 Å². The first-order valence-corrected chi connectivity index (χ1v) is 11.6. The van der Waals surface area contributed by atoms with E-state index < -0.39 is 16.1 Å². The lowest BCUT2D eigenvalue weighted by Gasteiger charge is -2.41. The molecule has 0 radical (unpaired) electrons. The van der Waals surface area contributed by atoms with Crippen molar-refractivity contribution in [3.63, 3.8) is 0 Å². The molecule has 0 saturated heterocycles. The number of aromatic hydroxyl groups is 1. The van der Waals surface area contributed by atoms with E-state index in [0.717, 1.165) is 0 Å². The van der Waals surface area contributed by atoms with Crippen LogP contribution in [-0.4, -0.2) is 20.7 Å². The first-order valence-electron chi connectivity index (χ1n) is 8.41. The average Bonchev–Trinajstić information content (AvgIpc) is 2.95. The third-order valence-corrected chi connectivity index (χ3v) is 7.72. The van der Waals surface area contributed by atoms with Gasteiger partial charge in [-0.05, 0) is 72.1 Å². The molecule has 2 unspecified atom stereocenters. The van der Waals surface area contributed by atoms with Crippen molar-refractivity contribution in [1.82, 2.24) is 0 Å². The number of aliphatic hydroxyl groups is 1. The van der Waals surface area contributed by atoms with Crippen molar-refractivity contribution in [3.8, 4) is 11.5 Å². The molecular weight excluding hydrogens is 640 g/mol. The van der Waals surface area contributed by atoms with Crippen molar-refractivity contribution < 1.29 is 24.5 Å². The molecule has 0 amide bonds. The molecule has 0 fully saturated rings. The smallest absolute Gasteiger partial charge is 0.340 e. The fraction of sp³-hybridized carbons (Fsp3) is 0.150. The predicted octanol–water partition coefficient (Wildman–Crippen LogP) is 5.78. The number of esters is 1. The standard InChI is InChI=1S/C20H10Br4O5/c21-11-3-1-2-8-14(11)20(29-18(8)26)9-4-5-19(24,27)7-13(9)28-17-10(20)6-12(22)16(25)15(17)23/h1-6,25,27H,7H2. The highest BCUT2D eigenvalue weighted by atomic mass is 79.9. The zero-order valence-electron chi connectivity index (χ0n) is 14.3. The Labute approximate surface area is 198 Å². The van der Waals surface area contributed by atoms with Crippen LogP contribution < -0.4 is 4.74 Å². The molecule has 29 heavy (non-hydrogen) atoms. The van der Waals surface area contributed by atoms with Crippen LogP contribution in [0.1, 0.15) is 27.9 Å². The first kappa shape index (κ1) is 19.8. The van der Waals surface area contributed by atoms with E-state index in [1.165, 1.54) is 0 Å². The summed E-state index contributed by atoms with van der Waals surface area (Å²) in [5, 5.41) is 20.9. The maximum absolute atomic E-state index is 12.9. The third kappa shape index (κ3) is 2.67. The number of carbonyl (C=O) groups excluding carboxylic acids is 1. The minimum atomic E-state index is -1.30. The molecule has 0 saturated carbocycles. The molecular formula is C20H10Br4O5. The maximum atomic E-state index is 12.9. The summed E-state index contributed by atoms with van der Waals surface area (Å²) in [7, 11) is 0. The van der Waals surface area contributed by atoms with Crippen LogP contribution in [0.2, 0.25) is 0 Å². The normalized spacial score (nSPS) is 26.7. The number of halogens is 4. The summed E-state index contributed by atoms with van der Waals surface area (Å²) < 4.78 is 12.3. The summed E-state index contributed by atoms with van der Waals surface area (Å²) >= 11 is 13.6. The molecule has 2 aromatic carbocycles. The Hall–Kier alpha value is -1.13. The van der Waals surface area contributed by atoms with Crippen LogP contribution in [0.4, 0.5) is 0 Å². The van der Waals surface area contributed by atoms with Crippen molar-refractivity contribution in [3.05, 3.63) is 77.9 Å². The van der Waals surface area contributed by atoms with E-state index in [9.17, 15) is 15.0 Å². The van der Waals surface area contributed by atoms with Gasteiger partial charge in [0, 0.05) is 22.0 Å². The van der Waals surface area contributed by atoms with E-state index in [-0.39, 0.29) is 12.2 Å². The summed E-state index contributed by atoms with van der Waals surface area (Å²) in [5.74, 6) is 0.243. The summed E-state index contributed by atoms with van der Waals surface area (Å²) in [6.07, 6.45) is 3.41. The van der Waals surface area contributed by atoms with Crippen LogP contribution in [0.25, 0.3) is 0 Å². The van der Waals surface area contributed by atoms with Crippen molar-refractivity contribution >= 4 is 69.7 Å². The van der Waals surface area contributed by atoms with Gasteiger partial charge >= 0.3 is 5.97 Å². The fourth-order valence-corrected chi connectivity index (χ4v) is 6.22. The van der Waals surface area contributed by atoms with Crippen LogP contribution in [0, 0.1) is 0 Å². The number of phenols is 1. The highest BCUT2D eigenvalue weighted by Crippen LogP contribution is 2.60. The van der Waals surface area contributed by atoms with Gasteiger partial charge in [-0.2, -0.15) is 0 Å². The van der Waals surface area contributed by atoms with Gasteiger partial charge in [-0.15, -0.1) is 0 Å². The molecule has 5 rings (SSSR count). The van der Waals surface area contributed by atoms with Crippen molar-refractivity contribution in [2.24, 2.45) is 0 Å². The maximum Gasteiger partial charge on any atom is 0.340 e. The number of rotatable bonds is 0. The molecule has 2 aromatic rings. The largest absolute Gasteiger partial charge is 0.505 e. The van der Waals surface area contributed by atoms with Crippen LogP contribution >= 0.6 is 63.7 Å². The van der Waals surface area contributed by atoms with Crippen LogP contribution in [0.5, 0.6) is 11.5 Å². The highest BCUT2D eigenvalue weighted by Gasteiger charge is 2.57. The Kier molecular flexibility index (Phi) is 4.39. The summed E-state index contributed by atoms with van der Waals surface area (Å²) in [5.41, 5.74) is 0.950. The molecule has 148 valence electrons. The molecule has 2 aliphatic heterocycles. The molecule has 0 bridgehead atoms. The monoisotopic (exact) mass is 646 g/mol. The van der Waals surface area contributed by atoms with Gasteiger partial charge in [0.25, 0.3) is 0 Å². The van der Waals surface area contributed by atoms with E-state index in [4.69, 9.17) is 9.47 Å². The second-order valence-electron chi connectivity index (χ2n) is 6.90. The second kappa shape index (κ2) is 6.43. The van der Waals surface area contributed by atoms with Crippen LogP contribution in [0.3, 0.4) is 0 Å². The minimum absolute atomic E-state index is 0.0416. The summed E-state index contributed by atoms with van der Waals surface area (Å²) in [6, 6.07) is 7.01. The molecule has 3 aliphatic rings. The number of phenolic OH excluding ortho intramolecular Hbond substituents is 1. The van der Waals surface area contributed by atoms with Gasteiger partial charge in [0.1, 0.15) is 20.5 Å². The summed E-state index contributed by atoms with van der Waals surface area (Å²) in [6.45, 7) is 0. The quantitative estimate of drug-likeness (QED) is 0.280. The SMILES string of the molecule is O=C1OC2(C3=C(CC(O)(Br)C=C3)Oc3c2cc(Br)c(O)c3Br)c2c(Br)cccc21. The molecule has 2 N–H and O–H groups in total. The lowest BCUT2D eigenvalue weighted by atomic mass is 9.75. The Morgan fingerprint density at radius 3 is 2.66 bits per heavy atom. The molecule has 5 nitrogen and oxygen atoms in total. The number of hydrogen-bond acceptors (Lipinski definition) is 5. The van der Waals surface area contributed by atoms with Gasteiger partial charge in [-0.25, -0.2) is 4.79 Å². The molecule has 1 aliphatic carbocycles. The zero-order valence-corrected chi connectivity index (χ0v) is 20.6. The Morgan fingerprint density at radius 2 is 1.90 bits per heavy atom. The van der Waals surface area contributed by atoms with Gasteiger partial charge < -0.3 is 19.7 Å². The van der Waals surface area contributed by atoms with Crippen molar-refractivity contribution in [1.29, 1.82) is 0 Å².